The van der Waals surface area contributed by atoms with Crippen molar-refractivity contribution in [2.45, 2.75) is 0 Å². The van der Waals surface area contributed by atoms with Gasteiger partial charge >= 0.3 is 0 Å². The van der Waals surface area contributed by atoms with E-state index in [0.29, 0.717) is 0 Å². The number of hydrogen-bond acceptors (Lipinski definition) is 1. The zero-order valence-corrected chi connectivity index (χ0v) is 38.6. The van der Waals surface area contributed by atoms with Crippen LogP contribution in [0.25, 0.3) is 148 Å². The van der Waals surface area contributed by atoms with Gasteiger partial charge in [0.1, 0.15) is 5.65 Å². The number of fused-ring (bicyclic) bond motifs is 10. The number of aromatic nitrogens is 2. The van der Waals surface area contributed by atoms with Crippen LogP contribution in [0.4, 0.5) is 0 Å². The molecule has 0 aliphatic heterocycles. The van der Waals surface area contributed by atoms with E-state index in [1.54, 1.807) is 0 Å². The Morgan fingerprint density at radius 1 is 0.254 bits per heavy atom. The molecule has 2 heteroatoms. The van der Waals surface area contributed by atoms with Gasteiger partial charge in [0.25, 0.3) is 0 Å². The van der Waals surface area contributed by atoms with Gasteiger partial charge in [-0.2, -0.15) is 0 Å². The highest BCUT2D eigenvalue weighted by atomic mass is 15.0. The largest absolute Gasteiger partial charge is 0.298 e. The Bertz CT molecular complexity index is 4700. The molecule has 0 saturated carbocycles. The number of pyridine rings is 1. The molecule has 0 saturated heterocycles. The molecule has 0 fully saturated rings. The summed E-state index contributed by atoms with van der Waals surface area (Å²) in [4.78, 5) is 5.60. The third kappa shape index (κ3) is 6.11. The van der Waals surface area contributed by atoms with Gasteiger partial charge in [-0.25, -0.2) is 4.98 Å². The van der Waals surface area contributed by atoms with Gasteiger partial charge in [-0.15, -0.1) is 0 Å². The maximum Gasteiger partial charge on any atom is 0.137 e. The highest BCUT2D eigenvalue weighted by Crippen LogP contribution is 2.49. The van der Waals surface area contributed by atoms with Crippen molar-refractivity contribution in [2.75, 3.05) is 0 Å². The lowest BCUT2D eigenvalue weighted by Crippen LogP contribution is -1.94. The molecule has 0 unspecified atom stereocenters. The van der Waals surface area contributed by atoms with Crippen LogP contribution in [0.15, 0.2) is 255 Å². The van der Waals surface area contributed by atoms with Crippen LogP contribution < -0.4 is 0 Å². The molecule has 71 heavy (non-hydrogen) atoms. The first kappa shape index (κ1) is 39.6. The summed E-state index contributed by atoms with van der Waals surface area (Å²) in [6, 6.07) is 91.7. The third-order valence-corrected chi connectivity index (χ3v) is 15.1. The number of hydrogen-bond donors (Lipinski definition) is 0. The number of benzene rings is 13. The number of nitrogens with zero attached hydrogens (tertiary/aromatic N) is 2. The fourth-order valence-electron chi connectivity index (χ4n) is 11.9. The summed E-state index contributed by atoms with van der Waals surface area (Å²) < 4.78 is 2.36. The number of rotatable bonds is 5. The highest BCUT2D eigenvalue weighted by molar-refractivity contribution is 6.26. The Morgan fingerprint density at radius 2 is 0.676 bits per heavy atom. The Morgan fingerprint density at radius 3 is 1.27 bits per heavy atom. The predicted molar refractivity (Wildman–Crippen MR) is 302 cm³/mol. The van der Waals surface area contributed by atoms with Crippen LogP contribution in [-0.4, -0.2) is 9.38 Å². The second kappa shape index (κ2) is 15.6. The molecule has 0 bridgehead atoms. The van der Waals surface area contributed by atoms with Crippen molar-refractivity contribution in [3.05, 3.63) is 255 Å². The third-order valence-electron chi connectivity index (χ3n) is 15.1. The van der Waals surface area contributed by atoms with Crippen LogP contribution in [0.3, 0.4) is 0 Å². The number of imidazole rings is 1. The molecule has 13 aromatic carbocycles. The Balaban J connectivity index is 1.04. The summed E-state index contributed by atoms with van der Waals surface area (Å²) in [6.07, 6.45) is 2.33. The molecule has 0 atom stereocenters. The van der Waals surface area contributed by atoms with Crippen LogP contribution >= 0.6 is 0 Å². The maximum absolute atomic E-state index is 5.60. The normalized spacial score (nSPS) is 11.9. The van der Waals surface area contributed by atoms with Crippen molar-refractivity contribution in [1.82, 2.24) is 9.38 Å². The smallest absolute Gasteiger partial charge is 0.137 e. The molecule has 15 aromatic rings. The zero-order valence-electron chi connectivity index (χ0n) is 38.6. The van der Waals surface area contributed by atoms with E-state index in [2.05, 4.69) is 259 Å². The first-order valence-corrected chi connectivity index (χ1v) is 24.5. The van der Waals surface area contributed by atoms with Crippen molar-refractivity contribution >= 4 is 92.1 Å². The van der Waals surface area contributed by atoms with Gasteiger partial charge in [-0.05, 0) is 150 Å². The molecule has 0 radical (unpaired) electrons. The van der Waals surface area contributed by atoms with E-state index in [0.717, 1.165) is 38.9 Å². The molecule has 15 rings (SSSR count). The Labute approximate surface area is 410 Å². The second-order valence-corrected chi connectivity index (χ2v) is 19.0. The van der Waals surface area contributed by atoms with Crippen LogP contribution in [0.1, 0.15) is 0 Å². The van der Waals surface area contributed by atoms with Crippen LogP contribution in [0.5, 0.6) is 0 Å². The van der Waals surface area contributed by atoms with Gasteiger partial charge in [0.05, 0.1) is 11.0 Å². The van der Waals surface area contributed by atoms with E-state index in [1.165, 1.54) is 109 Å². The van der Waals surface area contributed by atoms with Gasteiger partial charge in [0, 0.05) is 17.3 Å². The Kier molecular flexibility index (Phi) is 8.69. The molecule has 2 nitrogen and oxygen atoms in total. The van der Waals surface area contributed by atoms with Crippen LogP contribution in [0.2, 0.25) is 0 Å². The SMILES string of the molecule is c1ccc2cc(-c3c4ccccc4c(-c4ccc5ccccc5c4)c4c3nc3ccc(-c5ccc6c(-c7cccc8ccccc78)c7ccccc7c(-c7cccc8ccccc78)c6c5)cn34)ccc2c1. The van der Waals surface area contributed by atoms with E-state index in [-0.39, 0.29) is 0 Å². The molecule has 2 aromatic heterocycles. The molecule has 328 valence electrons. The summed E-state index contributed by atoms with van der Waals surface area (Å²) in [5, 5.41) is 17.1. The molecular weight excluding hydrogens is 857 g/mol. The molecular formula is C69H42N2. The van der Waals surface area contributed by atoms with E-state index >= 15 is 0 Å². The summed E-state index contributed by atoms with van der Waals surface area (Å²) in [6.45, 7) is 0. The highest BCUT2D eigenvalue weighted by Gasteiger charge is 2.24. The molecule has 0 spiro atoms. The molecule has 0 aliphatic rings. The average molecular weight is 899 g/mol. The first-order chi connectivity index (χ1) is 35.2. The lowest BCUT2D eigenvalue weighted by Gasteiger charge is -2.20. The minimum atomic E-state index is 0.907. The predicted octanol–water partition coefficient (Wildman–Crippen LogP) is 18.9. The van der Waals surface area contributed by atoms with Crippen molar-refractivity contribution in [2.24, 2.45) is 0 Å². The summed E-state index contributed by atoms with van der Waals surface area (Å²) >= 11 is 0. The lowest BCUT2D eigenvalue weighted by atomic mass is 9.83. The second-order valence-electron chi connectivity index (χ2n) is 19.0. The minimum absolute atomic E-state index is 0.907. The van der Waals surface area contributed by atoms with E-state index in [1.807, 2.05) is 0 Å². The van der Waals surface area contributed by atoms with E-state index in [4.69, 9.17) is 4.98 Å². The molecule has 0 amide bonds. The van der Waals surface area contributed by atoms with Gasteiger partial charge in [0.2, 0.25) is 0 Å². The lowest BCUT2D eigenvalue weighted by molar-refractivity contribution is 1.23. The van der Waals surface area contributed by atoms with Crippen molar-refractivity contribution in [3.63, 3.8) is 0 Å². The first-order valence-electron chi connectivity index (χ1n) is 24.5. The minimum Gasteiger partial charge on any atom is -0.298 e. The van der Waals surface area contributed by atoms with Gasteiger partial charge in [0.15, 0.2) is 0 Å². The maximum atomic E-state index is 5.60. The fraction of sp³-hybridized carbons (Fsp3) is 0. The monoisotopic (exact) mass is 898 g/mol. The van der Waals surface area contributed by atoms with Gasteiger partial charge in [-0.3, -0.25) is 4.40 Å². The van der Waals surface area contributed by atoms with Crippen molar-refractivity contribution in [3.8, 4) is 55.6 Å². The van der Waals surface area contributed by atoms with Crippen molar-refractivity contribution < 1.29 is 0 Å². The summed E-state index contributed by atoms with van der Waals surface area (Å²) in [5.41, 5.74) is 14.9. The van der Waals surface area contributed by atoms with E-state index in [9.17, 15) is 0 Å². The molecule has 0 N–H and O–H groups in total. The Hall–Kier alpha value is -9.37. The van der Waals surface area contributed by atoms with E-state index < -0.39 is 0 Å². The van der Waals surface area contributed by atoms with Gasteiger partial charge < -0.3 is 0 Å². The van der Waals surface area contributed by atoms with Crippen LogP contribution in [0, 0.1) is 0 Å². The molecule has 0 aliphatic carbocycles. The van der Waals surface area contributed by atoms with Gasteiger partial charge in [-0.1, -0.05) is 218 Å². The molecule has 2 heterocycles. The topological polar surface area (TPSA) is 17.3 Å². The average Bonchev–Trinajstić information content (AvgIpc) is 3.81. The summed E-state index contributed by atoms with van der Waals surface area (Å²) in [7, 11) is 0. The zero-order chi connectivity index (χ0) is 46.6. The summed E-state index contributed by atoms with van der Waals surface area (Å²) in [5.74, 6) is 0. The quantitative estimate of drug-likeness (QED) is 0.157. The fourth-order valence-corrected chi connectivity index (χ4v) is 11.9. The van der Waals surface area contributed by atoms with Crippen molar-refractivity contribution in [1.29, 1.82) is 0 Å². The van der Waals surface area contributed by atoms with Crippen LogP contribution in [-0.2, 0) is 0 Å². The standard InChI is InChI=1S/C69H42N2/c1-3-19-47-39-50(33-31-43(47)15-1)64-57-25-9-10-26-58(57)65(51-34-32-44-16-2-4-20-48(44)40-51)69-68(64)70-63-38-36-52(42-71(63)69)49-35-37-61-62(41-49)67(56-30-14-22-46-18-6-8-24-54(46)56)60-28-12-11-27-59(60)66(61)55-29-13-21-45-17-5-7-23-53(45)55/h1-42H.